The van der Waals surface area contributed by atoms with Gasteiger partial charge in [-0.15, -0.1) is 0 Å². The summed E-state index contributed by atoms with van der Waals surface area (Å²) >= 11 is 0. The van der Waals surface area contributed by atoms with Gasteiger partial charge in [0.2, 0.25) is 10.0 Å². The lowest BCUT2D eigenvalue weighted by Gasteiger charge is -2.15. The highest BCUT2D eigenvalue weighted by molar-refractivity contribution is 7.89. The van der Waals surface area contributed by atoms with E-state index in [0.717, 1.165) is 19.4 Å². The minimum atomic E-state index is -3.69. The smallest absolute Gasteiger partial charge is 0.241 e. The Balaban J connectivity index is 2.97. The number of unbranched alkanes of at least 4 members (excludes halogenated alkanes) is 1. The van der Waals surface area contributed by atoms with Gasteiger partial charge in [-0.3, -0.25) is 4.68 Å². The van der Waals surface area contributed by atoms with Crippen molar-refractivity contribution in [2.45, 2.75) is 64.8 Å². The molecule has 1 atom stereocenters. The largest absolute Gasteiger partial charge is 0.268 e. The van der Waals surface area contributed by atoms with Gasteiger partial charge in [0, 0.05) is 6.54 Å². The highest BCUT2D eigenvalue weighted by Crippen LogP contribution is 2.21. The Bertz CT molecular complexity index is 520. The lowest BCUT2D eigenvalue weighted by Crippen LogP contribution is -2.16. The van der Waals surface area contributed by atoms with Crippen molar-refractivity contribution in [3.8, 4) is 0 Å². The van der Waals surface area contributed by atoms with Crippen molar-refractivity contribution in [3.05, 3.63) is 11.4 Å². The molecule has 19 heavy (non-hydrogen) atoms. The third-order valence-corrected chi connectivity index (χ3v) is 4.73. The van der Waals surface area contributed by atoms with Crippen LogP contribution < -0.4 is 5.14 Å². The Morgan fingerprint density at radius 1 is 1.32 bits per heavy atom. The normalized spacial score (nSPS) is 13.7. The number of aromatic nitrogens is 2. The van der Waals surface area contributed by atoms with Crippen LogP contribution in [0.1, 0.15) is 50.9 Å². The Morgan fingerprint density at radius 3 is 2.37 bits per heavy atom. The molecule has 6 heteroatoms. The van der Waals surface area contributed by atoms with Crippen molar-refractivity contribution in [3.63, 3.8) is 0 Å². The fourth-order valence-electron chi connectivity index (χ4n) is 2.43. The highest BCUT2D eigenvalue weighted by atomic mass is 32.2. The van der Waals surface area contributed by atoms with Gasteiger partial charge in [0.05, 0.1) is 11.4 Å². The molecule has 0 spiro atoms. The molecule has 0 bridgehead atoms. The molecule has 1 aromatic heterocycles. The van der Waals surface area contributed by atoms with Crippen LogP contribution in [0, 0.1) is 19.8 Å². The first-order valence-electron chi connectivity index (χ1n) is 6.88. The first kappa shape index (κ1) is 16.2. The third kappa shape index (κ3) is 4.04. The fourth-order valence-corrected chi connectivity index (χ4v) is 3.40. The molecule has 1 rings (SSSR count). The van der Waals surface area contributed by atoms with Crippen LogP contribution in [0.5, 0.6) is 0 Å². The standard InChI is InChI=1S/C13H25N3O2S/c1-5-7-8-12(6-2)9-16-11(4)13(10(3)15-16)19(14,17)18/h12H,5-9H2,1-4H3,(H2,14,17,18). The van der Waals surface area contributed by atoms with E-state index in [0.29, 0.717) is 17.3 Å². The lowest BCUT2D eigenvalue weighted by molar-refractivity contribution is 0.367. The van der Waals surface area contributed by atoms with E-state index in [1.54, 1.807) is 18.5 Å². The Labute approximate surface area is 116 Å². The van der Waals surface area contributed by atoms with Crippen LogP contribution in [-0.2, 0) is 16.6 Å². The predicted molar refractivity (Wildman–Crippen MR) is 76.4 cm³/mol. The highest BCUT2D eigenvalue weighted by Gasteiger charge is 2.22. The maximum Gasteiger partial charge on any atom is 0.241 e. The molecule has 2 N–H and O–H groups in total. The van der Waals surface area contributed by atoms with E-state index < -0.39 is 10.0 Å². The SMILES string of the molecule is CCCCC(CC)Cn1nc(C)c(S(N)(=O)=O)c1C. The minimum Gasteiger partial charge on any atom is -0.268 e. The molecular weight excluding hydrogens is 262 g/mol. The molecule has 0 fully saturated rings. The van der Waals surface area contributed by atoms with Crippen LogP contribution in [0.2, 0.25) is 0 Å². The van der Waals surface area contributed by atoms with E-state index in [4.69, 9.17) is 5.14 Å². The van der Waals surface area contributed by atoms with E-state index in [-0.39, 0.29) is 4.90 Å². The zero-order valence-corrected chi connectivity index (χ0v) is 13.1. The summed E-state index contributed by atoms with van der Waals surface area (Å²) in [4.78, 5) is 0.179. The van der Waals surface area contributed by atoms with Crippen LogP contribution in [0.25, 0.3) is 0 Å². The molecule has 0 saturated carbocycles. The molecule has 1 aromatic rings. The Hall–Kier alpha value is -0.880. The van der Waals surface area contributed by atoms with E-state index in [1.165, 1.54) is 12.8 Å². The lowest BCUT2D eigenvalue weighted by atomic mass is 9.99. The van der Waals surface area contributed by atoms with Gasteiger partial charge in [0.15, 0.2) is 0 Å². The summed E-state index contributed by atoms with van der Waals surface area (Å²) in [6.07, 6.45) is 4.59. The van der Waals surface area contributed by atoms with Crippen molar-refractivity contribution in [2.75, 3.05) is 0 Å². The van der Waals surface area contributed by atoms with Crippen LogP contribution in [0.15, 0.2) is 4.90 Å². The maximum atomic E-state index is 11.5. The van der Waals surface area contributed by atoms with Crippen LogP contribution in [0.3, 0.4) is 0 Å². The van der Waals surface area contributed by atoms with Crippen LogP contribution in [-0.4, -0.2) is 18.2 Å². The molecule has 5 nitrogen and oxygen atoms in total. The van der Waals surface area contributed by atoms with Crippen molar-refractivity contribution in [1.29, 1.82) is 0 Å². The molecule has 0 amide bonds. The fraction of sp³-hybridized carbons (Fsp3) is 0.769. The van der Waals surface area contributed by atoms with Crippen molar-refractivity contribution in [2.24, 2.45) is 11.1 Å². The van der Waals surface area contributed by atoms with E-state index in [9.17, 15) is 8.42 Å². The first-order valence-corrected chi connectivity index (χ1v) is 8.42. The molecule has 0 aromatic carbocycles. The second kappa shape index (κ2) is 6.52. The number of sulfonamides is 1. The average molecular weight is 287 g/mol. The van der Waals surface area contributed by atoms with Gasteiger partial charge in [0.1, 0.15) is 4.90 Å². The molecular formula is C13H25N3O2S. The van der Waals surface area contributed by atoms with Gasteiger partial charge in [-0.2, -0.15) is 5.10 Å². The van der Waals surface area contributed by atoms with Gasteiger partial charge in [-0.05, 0) is 26.2 Å². The molecule has 1 unspecified atom stereocenters. The van der Waals surface area contributed by atoms with Gasteiger partial charge in [0.25, 0.3) is 0 Å². The number of nitrogens with zero attached hydrogens (tertiary/aromatic N) is 2. The summed E-state index contributed by atoms with van der Waals surface area (Å²) in [7, 11) is -3.69. The summed E-state index contributed by atoms with van der Waals surface area (Å²) in [6.45, 7) is 8.56. The zero-order chi connectivity index (χ0) is 14.6. The van der Waals surface area contributed by atoms with Crippen LogP contribution in [0.4, 0.5) is 0 Å². The topological polar surface area (TPSA) is 78.0 Å². The third-order valence-electron chi connectivity index (χ3n) is 3.57. The van der Waals surface area contributed by atoms with Gasteiger partial charge in [-0.1, -0.05) is 33.1 Å². The van der Waals surface area contributed by atoms with Crippen molar-refractivity contribution < 1.29 is 8.42 Å². The van der Waals surface area contributed by atoms with Gasteiger partial charge in [-0.25, -0.2) is 13.6 Å². The molecule has 0 radical (unpaired) electrons. The number of nitrogens with two attached hydrogens (primary N) is 1. The second-order valence-corrected chi connectivity index (χ2v) is 6.64. The number of rotatable bonds is 7. The quantitative estimate of drug-likeness (QED) is 0.836. The monoisotopic (exact) mass is 287 g/mol. The van der Waals surface area contributed by atoms with Crippen molar-refractivity contribution in [1.82, 2.24) is 9.78 Å². The van der Waals surface area contributed by atoms with Crippen LogP contribution >= 0.6 is 0 Å². The average Bonchev–Trinajstić information content (AvgIpc) is 2.58. The van der Waals surface area contributed by atoms with E-state index in [1.807, 2.05) is 0 Å². The Kier molecular flexibility index (Phi) is 5.55. The van der Waals surface area contributed by atoms with E-state index >= 15 is 0 Å². The predicted octanol–water partition coefficient (Wildman–Crippen LogP) is 2.36. The van der Waals surface area contributed by atoms with Gasteiger partial charge < -0.3 is 0 Å². The van der Waals surface area contributed by atoms with E-state index in [2.05, 4.69) is 18.9 Å². The Morgan fingerprint density at radius 2 is 1.95 bits per heavy atom. The number of primary sulfonamides is 1. The second-order valence-electron chi connectivity index (χ2n) is 5.14. The summed E-state index contributed by atoms with van der Waals surface area (Å²) in [6, 6.07) is 0. The summed E-state index contributed by atoms with van der Waals surface area (Å²) < 4.78 is 24.9. The minimum absolute atomic E-state index is 0.179. The summed E-state index contributed by atoms with van der Waals surface area (Å²) in [5.41, 5.74) is 1.14. The number of hydrogen-bond donors (Lipinski definition) is 1. The summed E-state index contributed by atoms with van der Waals surface area (Å²) in [5.74, 6) is 0.534. The van der Waals surface area contributed by atoms with Crippen molar-refractivity contribution >= 4 is 10.0 Å². The summed E-state index contributed by atoms with van der Waals surface area (Å²) in [5, 5.41) is 9.56. The molecule has 0 aliphatic heterocycles. The first-order chi connectivity index (χ1) is 8.81. The molecule has 0 aliphatic carbocycles. The maximum absolute atomic E-state index is 11.5. The zero-order valence-electron chi connectivity index (χ0n) is 12.3. The number of aryl methyl sites for hydroxylation is 1. The number of hydrogen-bond acceptors (Lipinski definition) is 3. The molecule has 110 valence electrons. The van der Waals surface area contributed by atoms with Gasteiger partial charge >= 0.3 is 0 Å². The molecule has 0 saturated heterocycles. The molecule has 1 heterocycles. The molecule has 0 aliphatic rings.